The van der Waals surface area contributed by atoms with Gasteiger partial charge in [0, 0.05) is 5.56 Å². The van der Waals surface area contributed by atoms with Gasteiger partial charge in [-0.25, -0.2) is 0 Å². The third-order valence-corrected chi connectivity index (χ3v) is 3.09. The first kappa shape index (κ1) is 15.5. The molecule has 0 radical (unpaired) electrons. The van der Waals surface area contributed by atoms with Crippen molar-refractivity contribution in [2.45, 2.75) is 51.9 Å². The van der Waals surface area contributed by atoms with Crippen LogP contribution in [0.4, 0.5) is 0 Å². The smallest absolute Gasteiger partial charge is 0.310 e. The number of aromatic hydroxyl groups is 1. The van der Waals surface area contributed by atoms with Crippen molar-refractivity contribution < 1.29 is 14.6 Å². The number of carbonyl (C=O) groups is 1. The number of phenolic OH excluding ortho intramolecular Hbond substituents is 1. The van der Waals surface area contributed by atoms with Gasteiger partial charge in [-0.3, -0.25) is 4.79 Å². The van der Waals surface area contributed by atoms with E-state index in [0.29, 0.717) is 12.2 Å². The number of para-hydroxylation sites is 1. The Morgan fingerprint density at radius 1 is 1.11 bits per heavy atom. The number of rotatable bonds is 9. The molecule has 0 saturated carbocycles. The molecule has 0 amide bonds. The van der Waals surface area contributed by atoms with Gasteiger partial charge in [-0.1, -0.05) is 57.2 Å². The molecule has 106 valence electrons. The molecule has 0 spiro atoms. The predicted octanol–water partition coefficient (Wildman–Crippen LogP) is 3.84. The van der Waals surface area contributed by atoms with Crippen LogP contribution in [-0.4, -0.2) is 17.7 Å². The minimum Gasteiger partial charge on any atom is -0.508 e. The van der Waals surface area contributed by atoms with E-state index >= 15 is 0 Å². The number of esters is 1. The molecule has 0 aliphatic carbocycles. The number of phenols is 1. The molecule has 0 fully saturated rings. The van der Waals surface area contributed by atoms with Crippen LogP contribution in [0, 0.1) is 0 Å². The van der Waals surface area contributed by atoms with E-state index in [9.17, 15) is 9.90 Å². The van der Waals surface area contributed by atoms with E-state index < -0.39 is 0 Å². The predicted molar refractivity (Wildman–Crippen MR) is 76.1 cm³/mol. The van der Waals surface area contributed by atoms with Gasteiger partial charge >= 0.3 is 5.97 Å². The van der Waals surface area contributed by atoms with Crippen LogP contribution >= 0.6 is 0 Å². The summed E-state index contributed by atoms with van der Waals surface area (Å²) < 4.78 is 5.16. The Morgan fingerprint density at radius 3 is 2.53 bits per heavy atom. The topological polar surface area (TPSA) is 46.5 Å². The average Bonchev–Trinajstić information content (AvgIpc) is 2.40. The van der Waals surface area contributed by atoms with Crippen LogP contribution in [0.2, 0.25) is 0 Å². The Morgan fingerprint density at radius 2 is 1.79 bits per heavy atom. The van der Waals surface area contributed by atoms with Crippen molar-refractivity contribution in [1.82, 2.24) is 0 Å². The lowest BCUT2D eigenvalue weighted by Gasteiger charge is -2.06. The summed E-state index contributed by atoms with van der Waals surface area (Å²) in [4.78, 5) is 11.6. The summed E-state index contributed by atoms with van der Waals surface area (Å²) in [6.07, 6.45) is 7.19. The van der Waals surface area contributed by atoms with E-state index in [4.69, 9.17) is 4.74 Å². The fraction of sp³-hybridized carbons (Fsp3) is 0.562. The molecule has 0 bridgehead atoms. The number of unbranched alkanes of at least 4 members (excludes halogenated alkanes) is 5. The van der Waals surface area contributed by atoms with Gasteiger partial charge in [-0.05, 0) is 12.5 Å². The summed E-state index contributed by atoms with van der Waals surface area (Å²) in [6.45, 7) is 2.68. The van der Waals surface area contributed by atoms with Crippen molar-refractivity contribution >= 4 is 5.97 Å². The maximum atomic E-state index is 11.6. The lowest BCUT2D eigenvalue weighted by atomic mass is 10.1. The van der Waals surface area contributed by atoms with E-state index in [-0.39, 0.29) is 18.1 Å². The van der Waals surface area contributed by atoms with E-state index in [1.165, 1.54) is 25.7 Å². The molecule has 0 aromatic heterocycles. The molecule has 3 heteroatoms. The zero-order valence-corrected chi connectivity index (χ0v) is 11.7. The molecule has 0 aliphatic heterocycles. The molecular formula is C16H24O3. The molecule has 0 saturated heterocycles. The first-order valence-corrected chi connectivity index (χ1v) is 7.16. The molecule has 3 nitrogen and oxygen atoms in total. The molecule has 0 heterocycles. The van der Waals surface area contributed by atoms with Gasteiger partial charge in [0.15, 0.2) is 0 Å². The van der Waals surface area contributed by atoms with Crippen molar-refractivity contribution in [2.24, 2.45) is 0 Å². The maximum Gasteiger partial charge on any atom is 0.310 e. The Hall–Kier alpha value is -1.51. The lowest BCUT2D eigenvalue weighted by Crippen LogP contribution is -2.09. The number of ether oxygens (including phenoxy) is 1. The monoisotopic (exact) mass is 264 g/mol. The highest BCUT2D eigenvalue weighted by Gasteiger charge is 2.07. The summed E-state index contributed by atoms with van der Waals surface area (Å²) in [5, 5.41) is 9.54. The normalized spacial score (nSPS) is 10.4. The summed E-state index contributed by atoms with van der Waals surface area (Å²) in [7, 11) is 0. The third kappa shape index (κ3) is 6.85. The average molecular weight is 264 g/mol. The van der Waals surface area contributed by atoms with Gasteiger partial charge < -0.3 is 9.84 Å². The Balaban J connectivity index is 2.10. The van der Waals surface area contributed by atoms with Gasteiger partial charge in [0.2, 0.25) is 0 Å². The van der Waals surface area contributed by atoms with Crippen molar-refractivity contribution in [2.75, 3.05) is 6.61 Å². The highest BCUT2D eigenvalue weighted by atomic mass is 16.5. The lowest BCUT2D eigenvalue weighted by molar-refractivity contribution is -0.143. The minimum absolute atomic E-state index is 0.141. The molecule has 19 heavy (non-hydrogen) atoms. The molecule has 0 aliphatic rings. The highest BCUT2D eigenvalue weighted by Crippen LogP contribution is 2.16. The largest absolute Gasteiger partial charge is 0.508 e. The molecule has 1 N–H and O–H groups in total. The van der Waals surface area contributed by atoms with Gasteiger partial charge in [0.05, 0.1) is 13.0 Å². The molecule has 1 aromatic rings. The van der Waals surface area contributed by atoms with Crippen LogP contribution < -0.4 is 0 Å². The van der Waals surface area contributed by atoms with E-state index in [1.807, 2.05) is 0 Å². The molecule has 1 rings (SSSR count). The Labute approximate surface area is 115 Å². The fourth-order valence-electron chi connectivity index (χ4n) is 1.94. The van der Waals surface area contributed by atoms with Gasteiger partial charge in [0.1, 0.15) is 5.75 Å². The van der Waals surface area contributed by atoms with Crippen LogP contribution in [0.3, 0.4) is 0 Å². The van der Waals surface area contributed by atoms with Crippen LogP contribution in [-0.2, 0) is 16.0 Å². The zero-order valence-electron chi connectivity index (χ0n) is 11.7. The molecule has 0 atom stereocenters. The standard InChI is InChI=1S/C16H24O3/c1-2-3-4-5-6-9-12-19-16(18)13-14-10-7-8-11-15(14)17/h7-8,10-11,17H,2-6,9,12-13H2,1H3. The minimum atomic E-state index is -0.268. The summed E-state index contributed by atoms with van der Waals surface area (Å²) >= 11 is 0. The van der Waals surface area contributed by atoms with E-state index in [2.05, 4.69) is 6.92 Å². The molecule has 1 aromatic carbocycles. The van der Waals surface area contributed by atoms with Crippen LogP contribution in [0.5, 0.6) is 5.75 Å². The summed E-state index contributed by atoms with van der Waals surface area (Å²) in [5.74, 6) is -0.117. The van der Waals surface area contributed by atoms with Gasteiger partial charge in [0.25, 0.3) is 0 Å². The van der Waals surface area contributed by atoms with E-state index in [1.54, 1.807) is 24.3 Å². The second-order valence-electron chi connectivity index (χ2n) is 4.79. The summed E-state index contributed by atoms with van der Waals surface area (Å²) in [5.41, 5.74) is 0.621. The van der Waals surface area contributed by atoms with Crippen LogP contribution in [0.25, 0.3) is 0 Å². The zero-order chi connectivity index (χ0) is 13.9. The first-order chi connectivity index (χ1) is 9.24. The van der Waals surface area contributed by atoms with E-state index in [0.717, 1.165) is 12.8 Å². The number of hydrogen-bond donors (Lipinski definition) is 1. The highest BCUT2D eigenvalue weighted by molar-refractivity contribution is 5.73. The third-order valence-electron chi connectivity index (χ3n) is 3.09. The quantitative estimate of drug-likeness (QED) is 0.544. The molecule has 0 unspecified atom stereocenters. The molecular weight excluding hydrogens is 240 g/mol. The summed E-state index contributed by atoms with van der Waals surface area (Å²) in [6, 6.07) is 6.86. The maximum absolute atomic E-state index is 11.6. The Kier molecular flexibility index (Phi) is 7.71. The first-order valence-electron chi connectivity index (χ1n) is 7.16. The number of carbonyl (C=O) groups excluding carboxylic acids is 1. The van der Waals surface area contributed by atoms with Crippen molar-refractivity contribution in [3.05, 3.63) is 29.8 Å². The van der Waals surface area contributed by atoms with Crippen LogP contribution in [0.1, 0.15) is 51.0 Å². The van der Waals surface area contributed by atoms with Gasteiger partial charge in [-0.15, -0.1) is 0 Å². The number of benzene rings is 1. The van der Waals surface area contributed by atoms with Crippen molar-refractivity contribution in [3.8, 4) is 5.75 Å². The van der Waals surface area contributed by atoms with Gasteiger partial charge in [-0.2, -0.15) is 0 Å². The SMILES string of the molecule is CCCCCCCCOC(=O)Cc1ccccc1O. The number of hydrogen-bond acceptors (Lipinski definition) is 3. The van der Waals surface area contributed by atoms with Crippen molar-refractivity contribution in [1.29, 1.82) is 0 Å². The second kappa shape index (κ2) is 9.42. The van der Waals surface area contributed by atoms with Crippen molar-refractivity contribution in [3.63, 3.8) is 0 Å². The van der Waals surface area contributed by atoms with Crippen LogP contribution in [0.15, 0.2) is 24.3 Å². The second-order valence-corrected chi connectivity index (χ2v) is 4.79. The fourth-order valence-corrected chi connectivity index (χ4v) is 1.94. The Bertz CT molecular complexity index is 374.